The van der Waals surface area contributed by atoms with Gasteiger partial charge in [0.05, 0.1) is 0 Å². The van der Waals surface area contributed by atoms with Crippen molar-refractivity contribution in [2.24, 2.45) is 17.4 Å². The van der Waals surface area contributed by atoms with E-state index in [1.54, 1.807) is 0 Å². The van der Waals surface area contributed by atoms with Crippen molar-refractivity contribution < 1.29 is 0 Å². The highest BCUT2D eigenvalue weighted by Crippen LogP contribution is 2.45. The zero-order chi connectivity index (χ0) is 12.7. The molecule has 4 bridgehead atoms. The molecule has 3 heteroatoms. The zero-order valence-electron chi connectivity index (χ0n) is 11.0. The molecule has 94 valence electrons. The largest absolute Gasteiger partial charge is 0.403 e. The molecular weight excluding hydrogens is 219 g/mol. The Balaban J connectivity index is 2.11. The number of hydrogen-bond acceptors (Lipinski definition) is 2. The maximum Gasteiger partial charge on any atom is 0.151 e. The number of allylic oxidation sites excluding steroid dienone is 7. The van der Waals surface area contributed by atoms with Crippen molar-refractivity contribution in [3.05, 3.63) is 47.3 Å². The number of fused-ring (bicyclic) bond motifs is 2. The highest BCUT2D eigenvalue weighted by molar-refractivity contribution is 6.62. The zero-order valence-corrected chi connectivity index (χ0v) is 11.0. The molecule has 4 N–H and O–H groups in total. The number of rotatable bonds is 0. The SMILES string of the molecule is CB1C2CC3=C(N)/C=C\C(CC=C3)C1CC=C2N. The van der Waals surface area contributed by atoms with Crippen LogP contribution in [0.5, 0.6) is 0 Å². The fourth-order valence-electron chi connectivity index (χ4n) is 3.73. The molecule has 4 rings (SSSR count). The Hall–Kier alpha value is -1.38. The molecule has 4 aliphatic rings. The standard InChI is InChI=1S/C15H21BN2/c1-16-12-6-8-15(18)13(16)9-11-4-2-3-10(12)5-7-14(11)17/h2,4-5,7-8,10,12-13H,3,6,9,17-18H2,1H3/b4-2?,7-5-,14-11?. The first-order valence-electron chi connectivity index (χ1n) is 6.95. The van der Waals surface area contributed by atoms with Crippen molar-refractivity contribution in [2.75, 3.05) is 0 Å². The summed E-state index contributed by atoms with van der Waals surface area (Å²) in [6.45, 7) is 3.01. The summed E-state index contributed by atoms with van der Waals surface area (Å²) in [6, 6.07) is 0. The van der Waals surface area contributed by atoms with Gasteiger partial charge in [0.15, 0.2) is 6.71 Å². The minimum atomic E-state index is 0.461. The van der Waals surface area contributed by atoms with Crippen LogP contribution in [0.25, 0.3) is 0 Å². The van der Waals surface area contributed by atoms with Crippen LogP contribution in [0.2, 0.25) is 18.5 Å². The maximum absolute atomic E-state index is 6.23. The predicted molar refractivity (Wildman–Crippen MR) is 78.2 cm³/mol. The van der Waals surface area contributed by atoms with Gasteiger partial charge in [0, 0.05) is 11.4 Å². The van der Waals surface area contributed by atoms with Crippen molar-refractivity contribution >= 4 is 6.71 Å². The Morgan fingerprint density at radius 3 is 2.89 bits per heavy atom. The second-order valence-corrected chi connectivity index (χ2v) is 5.92. The van der Waals surface area contributed by atoms with Crippen LogP contribution in [0.3, 0.4) is 0 Å². The van der Waals surface area contributed by atoms with Crippen LogP contribution in [0.4, 0.5) is 0 Å². The van der Waals surface area contributed by atoms with Crippen molar-refractivity contribution in [3.63, 3.8) is 0 Å². The van der Waals surface area contributed by atoms with Crippen LogP contribution in [-0.2, 0) is 0 Å². The second kappa shape index (κ2) is 4.38. The van der Waals surface area contributed by atoms with Gasteiger partial charge < -0.3 is 11.5 Å². The molecule has 0 spiro atoms. The summed E-state index contributed by atoms with van der Waals surface area (Å²) in [7, 11) is 0. The molecule has 3 aliphatic heterocycles. The van der Waals surface area contributed by atoms with Gasteiger partial charge in [0.1, 0.15) is 0 Å². The first-order valence-corrected chi connectivity index (χ1v) is 6.95. The molecule has 3 unspecified atom stereocenters. The van der Waals surface area contributed by atoms with Gasteiger partial charge in [-0.2, -0.15) is 0 Å². The Labute approximate surface area is 110 Å². The highest BCUT2D eigenvalue weighted by Gasteiger charge is 2.38. The first-order chi connectivity index (χ1) is 8.66. The smallest absolute Gasteiger partial charge is 0.151 e. The summed E-state index contributed by atoms with van der Waals surface area (Å²) < 4.78 is 0. The maximum atomic E-state index is 6.23. The van der Waals surface area contributed by atoms with Crippen molar-refractivity contribution in [3.8, 4) is 0 Å². The van der Waals surface area contributed by atoms with E-state index in [1.807, 2.05) is 0 Å². The lowest BCUT2D eigenvalue weighted by Crippen LogP contribution is -2.33. The molecule has 0 radical (unpaired) electrons. The lowest BCUT2D eigenvalue weighted by atomic mass is 9.30. The van der Waals surface area contributed by atoms with Gasteiger partial charge >= 0.3 is 0 Å². The average molecular weight is 240 g/mol. The Bertz CT molecular complexity index is 473. The summed E-state index contributed by atoms with van der Waals surface area (Å²) in [5, 5.41) is 0. The van der Waals surface area contributed by atoms with Crippen LogP contribution in [0.15, 0.2) is 47.3 Å². The van der Waals surface area contributed by atoms with Gasteiger partial charge in [-0.25, -0.2) is 0 Å². The summed E-state index contributed by atoms with van der Waals surface area (Å²) in [6.07, 6.45) is 14.4. The fraction of sp³-hybridized carbons (Fsp3) is 0.467. The fourth-order valence-corrected chi connectivity index (χ4v) is 3.73. The van der Waals surface area contributed by atoms with E-state index < -0.39 is 0 Å². The molecule has 0 aromatic rings. The van der Waals surface area contributed by atoms with Crippen LogP contribution >= 0.6 is 0 Å². The number of hydrogen-bond donors (Lipinski definition) is 2. The van der Waals surface area contributed by atoms with Crippen molar-refractivity contribution in [2.45, 2.75) is 37.7 Å². The van der Waals surface area contributed by atoms with E-state index in [4.69, 9.17) is 11.5 Å². The molecule has 0 aromatic carbocycles. The Morgan fingerprint density at radius 1 is 1.22 bits per heavy atom. The normalized spacial score (nSPS) is 36.6. The molecule has 2 nitrogen and oxygen atoms in total. The van der Waals surface area contributed by atoms with E-state index in [0.717, 1.165) is 30.7 Å². The van der Waals surface area contributed by atoms with Crippen LogP contribution < -0.4 is 11.5 Å². The molecule has 0 amide bonds. The summed E-state index contributed by atoms with van der Waals surface area (Å²) in [4.78, 5) is 0. The van der Waals surface area contributed by atoms with Crippen LogP contribution in [-0.4, -0.2) is 6.71 Å². The molecular formula is C15H21BN2. The monoisotopic (exact) mass is 240 g/mol. The third kappa shape index (κ3) is 1.82. The molecule has 18 heavy (non-hydrogen) atoms. The molecule has 0 fully saturated rings. The Kier molecular flexibility index (Phi) is 2.85. The van der Waals surface area contributed by atoms with E-state index >= 15 is 0 Å². The lowest BCUT2D eigenvalue weighted by molar-refractivity contribution is 0.577. The van der Waals surface area contributed by atoms with Gasteiger partial charge in [-0.1, -0.05) is 36.9 Å². The van der Waals surface area contributed by atoms with E-state index in [1.165, 1.54) is 5.57 Å². The van der Waals surface area contributed by atoms with Gasteiger partial charge in [-0.15, -0.1) is 0 Å². The quantitative estimate of drug-likeness (QED) is 0.639. The third-order valence-corrected chi connectivity index (χ3v) is 4.97. The molecule has 0 aromatic heterocycles. The lowest BCUT2D eigenvalue weighted by Gasteiger charge is -2.35. The van der Waals surface area contributed by atoms with Gasteiger partial charge in [-0.3, -0.25) is 0 Å². The topological polar surface area (TPSA) is 52.0 Å². The van der Waals surface area contributed by atoms with Crippen molar-refractivity contribution in [1.82, 2.24) is 0 Å². The summed E-state index contributed by atoms with van der Waals surface area (Å²) in [5.74, 6) is 1.76. The van der Waals surface area contributed by atoms with Gasteiger partial charge in [0.25, 0.3) is 0 Å². The summed E-state index contributed by atoms with van der Waals surface area (Å²) >= 11 is 0. The first kappa shape index (κ1) is 11.7. The van der Waals surface area contributed by atoms with Crippen LogP contribution in [0.1, 0.15) is 19.3 Å². The Morgan fingerprint density at radius 2 is 2.06 bits per heavy atom. The van der Waals surface area contributed by atoms with Crippen LogP contribution in [0, 0.1) is 5.92 Å². The minimum absolute atomic E-state index is 0.461. The van der Waals surface area contributed by atoms with E-state index in [-0.39, 0.29) is 0 Å². The van der Waals surface area contributed by atoms with E-state index in [0.29, 0.717) is 24.3 Å². The van der Waals surface area contributed by atoms with Crippen molar-refractivity contribution in [1.29, 1.82) is 0 Å². The third-order valence-electron chi connectivity index (χ3n) is 4.97. The van der Waals surface area contributed by atoms with Gasteiger partial charge in [0.2, 0.25) is 0 Å². The summed E-state index contributed by atoms with van der Waals surface area (Å²) in [5.41, 5.74) is 15.6. The predicted octanol–water partition coefficient (Wildman–Crippen LogP) is 2.85. The second-order valence-electron chi connectivity index (χ2n) is 5.92. The molecule has 1 aliphatic carbocycles. The van der Waals surface area contributed by atoms with E-state index in [2.05, 4.69) is 37.2 Å². The molecule has 3 heterocycles. The molecule has 0 saturated heterocycles. The average Bonchev–Trinajstić information content (AvgIpc) is 2.39. The van der Waals surface area contributed by atoms with E-state index in [9.17, 15) is 0 Å². The molecule has 3 atom stereocenters. The minimum Gasteiger partial charge on any atom is -0.403 e. The molecule has 0 saturated carbocycles. The van der Waals surface area contributed by atoms with Gasteiger partial charge in [-0.05, 0) is 42.6 Å². The highest BCUT2D eigenvalue weighted by atomic mass is 14.6. The number of nitrogens with two attached hydrogens (primary N) is 2.